The maximum Gasteiger partial charge on any atom is 0.224 e. The quantitative estimate of drug-likeness (QED) is 0.729. The van der Waals surface area contributed by atoms with Crippen molar-refractivity contribution in [3.05, 3.63) is 0 Å². The molecule has 1 amide bonds. The zero-order valence-corrected chi connectivity index (χ0v) is 9.95. The molecule has 0 saturated carbocycles. The molecule has 4 nitrogen and oxygen atoms in total. The number of hydrogen-bond acceptors (Lipinski definition) is 3. The molecule has 1 aliphatic rings. The Morgan fingerprint density at radius 3 is 2.87 bits per heavy atom. The first-order chi connectivity index (χ1) is 7.11. The van der Waals surface area contributed by atoms with Crippen molar-refractivity contribution < 1.29 is 9.53 Å². The molecule has 1 heterocycles. The number of carbonyl (C=O) groups is 1. The van der Waals surface area contributed by atoms with Crippen LogP contribution in [0.3, 0.4) is 0 Å². The van der Waals surface area contributed by atoms with E-state index in [1.807, 2.05) is 25.8 Å². The summed E-state index contributed by atoms with van der Waals surface area (Å²) in [6, 6.07) is 0.372. The summed E-state index contributed by atoms with van der Waals surface area (Å²) in [5.74, 6) is 0.185. The second-order valence-corrected chi connectivity index (χ2v) is 4.32. The van der Waals surface area contributed by atoms with Gasteiger partial charge in [0.1, 0.15) is 0 Å². The van der Waals surface area contributed by atoms with E-state index in [0.29, 0.717) is 19.1 Å². The standard InChI is InChI=1S/C11H22N2O2/c1-9(2)15-7-5-11(14)13(3)10-4-6-12-8-10/h9-10,12H,4-8H2,1-3H3. The second kappa shape index (κ2) is 6.08. The first-order valence-electron chi connectivity index (χ1n) is 5.69. The Kier molecular flexibility index (Phi) is 5.05. The molecule has 4 heteroatoms. The van der Waals surface area contributed by atoms with Crippen LogP contribution in [0.2, 0.25) is 0 Å². The minimum absolute atomic E-state index is 0.185. The second-order valence-electron chi connectivity index (χ2n) is 4.32. The Balaban J connectivity index is 2.20. The number of carbonyl (C=O) groups excluding carboxylic acids is 1. The lowest BCUT2D eigenvalue weighted by Gasteiger charge is -2.23. The Hall–Kier alpha value is -0.610. The number of nitrogens with one attached hydrogen (secondary N) is 1. The van der Waals surface area contributed by atoms with Crippen molar-refractivity contribution in [2.75, 3.05) is 26.7 Å². The number of hydrogen-bond donors (Lipinski definition) is 1. The van der Waals surface area contributed by atoms with E-state index in [-0.39, 0.29) is 12.0 Å². The van der Waals surface area contributed by atoms with Gasteiger partial charge >= 0.3 is 0 Å². The molecular formula is C11H22N2O2. The van der Waals surface area contributed by atoms with Crippen LogP contribution in [0.25, 0.3) is 0 Å². The zero-order chi connectivity index (χ0) is 11.3. The average molecular weight is 214 g/mol. The smallest absolute Gasteiger partial charge is 0.224 e. The number of likely N-dealkylation sites (N-methyl/N-ethyl adjacent to an activating group) is 1. The molecule has 1 N–H and O–H groups in total. The first-order valence-corrected chi connectivity index (χ1v) is 5.69. The number of ether oxygens (including phenoxy) is 1. The highest BCUT2D eigenvalue weighted by Gasteiger charge is 2.22. The molecule has 1 saturated heterocycles. The minimum atomic E-state index is 0.185. The molecule has 1 unspecified atom stereocenters. The van der Waals surface area contributed by atoms with E-state index in [1.165, 1.54) is 0 Å². The lowest BCUT2D eigenvalue weighted by atomic mass is 10.2. The molecule has 0 aliphatic carbocycles. The van der Waals surface area contributed by atoms with Gasteiger partial charge in [0, 0.05) is 19.6 Å². The summed E-state index contributed by atoms with van der Waals surface area (Å²) in [5, 5.41) is 3.26. The van der Waals surface area contributed by atoms with Crippen LogP contribution in [0.5, 0.6) is 0 Å². The molecule has 1 rings (SSSR count). The molecule has 1 fully saturated rings. The van der Waals surface area contributed by atoms with Gasteiger partial charge in [-0.3, -0.25) is 4.79 Å². The van der Waals surface area contributed by atoms with Crippen LogP contribution in [0.4, 0.5) is 0 Å². The topological polar surface area (TPSA) is 41.6 Å². The summed E-state index contributed by atoms with van der Waals surface area (Å²) < 4.78 is 5.36. The van der Waals surface area contributed by atoms with Crippen molar-refractivity contribution in [1.29, 1.82) is 0 Å². The van der Waals surface area contributed by atoms with Crippen LogP contribution in [0.15, 0.2) is 0 Å². The lowest BCUT2D eigenvalue weighted by Crippen LogP contribution is -2.38. The largest absolute Gasteiger partial charge is 0.378 e. The first kappa shape index (κ1) is 12.5. The normalized spacial score (nSPS) is 20.9. The number of nitrogens with zero attached hydrogens (tertiary/aromatic N) is 1. The molecule has 0 radical (unpaired) electrons. The van der Waals surface area contributed by atoms with Crippen molar-refractivity contribution in [3.63, 3.8) is 0 Å². The Morgan fingerprint density at radius 2 is 2.33 bits per heavy atom. The molecule has 1 atom stereocenters. The van der Waals surface area contributed by atoms with Crippen molar-refractivity contribution in [1.82, 2.24) is 10.2 Å². The summed E-state index contributed by atoms with van der Waals surface area (Å²) in [7, 11) is 1.88. The third-order valence-corrected chi connectivity index (χ3v) is 2.74. The highest BCUT2D eigenvalue weighted by molar-refractivity contribution is 5.76. The van der Waals surface area contributed by atoms with Gasteiger partial charge in [-0.05, 0) is 26.8 Å². The molecule has 0 aromatic rings. The van der Waals surface area contributed by atoms with E-state index < -0.39 is 0 Å². The van der Waals surface area contributed by atoms with Crippen molar-refractivity contribution in [2.24, 2.45) is 0 Å². The Morgan fingerprint density at radius 1 is 1.60 bits per heavy atom. The average Bonchev–Trinajstić information content (AvgIpc) is 2.68. The fraction of sp³-hybridized carbons (Fsp3) is 0.909. The molecule has 88 valence electrons. The monoisotopic (exact) mass is 214 g/mol. The van der Waals surface area contributed by atoms with Gasteiger partial charge in [-0.25, -0.2) is 0 Å². The molecular weight excluding hydrogens is 192 g/mol. The van der Waals surface area contributed by atoms with Gasteiger partial charge in [-0.1, -0.05) is 0 Å². The molecule has 0 spiro atoms. The van der Waals surface area contributed by atoms with Crippen LogP contribution in [-0.4, -0.2) is 49.7 Å². The van der Waals surface area contributed by atoms with Gasteiger partial charge in [0.25, 0.3) is 0 Å². The maximum absolute atomic E-state index is 11.7. The maximum atomic E-state index is 11.7. The van der Waals surface area contributed by atoms with Gasteiger partial charge in [0.15, 0.2) is 0 Å². The third kappa shape index (κ3) is 4.18. The summed E-state index contributed by atoms with van der Waals surface area (Å²) in [6.45, 7) is 6.43. The molecule has 0 aromatic carbocycles. The van der Waals surface area contributed by atoms with Gasteiger partial charge in [-0.2, -0.15) is 0 Å². The van der Waals surface area contributed by atoms with Crippen LogP contribution >= 0.6 is 0 Å². The van der Waals surface area contributed by atoms with E-state index in [9.17, 15) is 4.79 Å². The van der Waals surface area contributed by atoms with Gasteiger partial charge in [-0.15, -0.1) is 0 Å². The molecule has 0 aromatic heterocycles. The summed E-state index contributed by atoms with van der Waals surface area (Å²) in [5.41, 5.74) is 0. The van der Waals surface area contributed by atoms with Gasteiger partial charge in [0.2, 0.25) is 5.91 Å². The highest BCUT2D eigenvalue weighted by atomic mass is 16.5. The lowest BCUT2D eigenvalue weighted by molar-refractivity contribution is -0.133. The van der Waals surface area contributed by atoms with Crippen molar-refractivity contribution in [3.8, 4) is 0 Å². The van der Waals surface area contributed by atoms with Crippen LogP contribution in [0, 0.1) is 0 Å². The minimum Gasteiger partial charge on any atom is -0.378 e. The van der Waals surface area contributed by atoms with Crippen LogP contribution < -0.4 is 5.32 Å². The number of amides is 1. The predicted molar refractivity (Wildman–Crippen MR) is 59.7 cm³/mol. The fourth-order valence-electron chi connectivity index (χ4n) is 1.73. The van der Waals surface area contributed by atoms with Crippen LogP contribution in [0.1, 0.15) is 26.7 Å². The van der Waals surface area contributed by atoms with Crippen LogP contribution in [-0.2, 0) is 9.53 Å². The third-order valence-electron chi connectivity index (χ3n) is 2.74. The van der Waals surface area contributed by atoms with E-state index in [2.05, 4.69) is 5.32 Å². The van der Waals surface area contributed by atoms with E-state index in [1.54, 1.807) is 0 Å². The van der Waals surface area contributed by atoms with E-state index in [0.717, 1.165) is 19.5 Å². The van der Waals surface area contributed by atoms with Gasteiger partial charge < -0.3 is 15.0 Å². The summed E-state index contributed by atoms with van der Waals surface area (Å²) in [4.78, 5) is 13.6. The van der Waals surface area contributed by atoms with E-state index >= 15 is 0 Å². The molecule has 0 bridgehead atoms. The summed E-state index contributed by atoms with van der Waals surface area (Å²) in [6.07, 6.45) is 1.76. The fourth-order valence-corrected chi connectivity index (χ4v) is 1.73. The molecule has 1 aliphatic heterocycles. The Labute approximate surface area is 92.0 Å². The van der Waals surface area contributed by atoms with Crippen molar-refractivity contribution in [2.45, 2.75) is 38.8 Å². The molecule has 15 heavy (non-hydrogen) atoms. The SMILES string of the molecule is CC(C)OCCC(=O)N(C)C1CCNC1. The predicted octanol–water partition coefficient (Wildman–Crippen LogP) is 0.622. The van der Waals surface area contributed by atoms with Gasteiger partial charge in [0.05, 0.1) is 19.1 Å². The number of rotatable bonds is 5. The zero-order valence-electron chi connectivity index (χ0n) is 9.95. The highest BCUT2D eigenvalue weighted by Crippen LogP contribution is 2.07. The summed E-state index contributed by atoms with van der Waals surface area (Å²) >= 11 is 0. The van der Waals surface area contributed by atoms with Crippen molar-refractivity contribution >= 4 is 5.91 Å². The Bertz CT molecular complexity index is 201. The van der Waals surface area contributed by atoms with E-state index in [4.69, 9.17) is 4.74 Å².